The number of amides is 2. The molecule has 1 fully saturated rings. The first-order chi connectivity index (χ1) is 19.9. The number of hydrogen-bond acceptors (Lipinski definition) is 8. The molecule has 4 heterocycles. The van der Waals surface area contributed by atoms with Gasteiger partial charge in [0.25, 0.3) is 11.5 Å². The van der Waals surface area contributed by atoms with Crippen LogP contribution < -0.4 is 21.5 Å². The molecule has 1 aromatic carbocycles. The van der Waals surface area contributed by atoms with E-state index >= 15 is 0 Å². The van der Waals surface area contributed by atoms with Gasteiger partial charge in [-0.3, -0.25) is 14.4 Å². The zero-order chi connectivity index (χ0) is 30.3. The van der Waals surface area contributed by atoms with Gasteiger partial charge in [-0.1, -0.05) is 37.0 Å². The highest BCUT2D eigenvalue weighted by atomic mass is 35.5. The Morgan fingerprint density at radius 2 is 1.98 bits per heavy atom. The van der Waals surface area contributed by atoms with Crippen LogP contribution in [-0.4, -0.2) is 61.8 Å². The molecule has 1 aliphatic rings. The highest BCUT2D eigenvalue weighted by molar-refractivity contribution is 6.34. The second-order valence-electron chi connectivity index (χ2n) is 10.4. The summed E-state index contributed by atoms with van der Waals surface area (Å²) < 4.78 is 8.65. The van der Waals surface area contributed by atoms with Crippen molar-refractivity contribution in [2.24, 2.45) is 18.7 Å². The highest BCUT2D eigenvalue weighted by Crippen LogP contribution is 2.36. The molecule has 12 nitrogen and oxygen atoms in total. The van der Waals surface area contributed by atoms with E-state index in [4.69, 9.17) is 33.7 Å². The van der Waals surface area contributed by atoms with E-state index in [0.717, 1.165) is 0 Å². The molecule has 1 aliphatic heterocycles. The third kappa shape index (κ3) is 5.65. The lowest BCUT2D eigenvalue weighted by Crippen LogP contribution is -2.45. The van der Waals surface area contributed by atoms with Crippen molar-refractivity contribution >= 4 is 57.6 Å². The first-order valence-electron chi connectivity index (χ1n) is 13.1. The lowest BCUT2D eigenvalue weighted by atomic mass is 10.0. The highest BCUT2D eigenvalue weighted by Gasteiger charge is 2.25. The van der Waals surface area contributed by atoms with Crippen molar-refractivity contribution in [2.75, 3.05) is 29.9 Å². The SMILES string of the molecule is CC(C)C1CN(c2cc(NC(=O)Cn3cc(-c4cc(Cl)c(O)c(C(N)=O)c4)c4c(=O)n(C)cnc43)c(Cl)cn2)CCO1. The summed E-state index contributed by atoms with van der Waals surface area (Å²) in [6, 6.07) is 4.46. The summed E-state index contributed by atoms with van der Waals surface area (Å²) in [5.74, 6) is -0.783. The third-order valence-corrected chi connectivity index (χ3v) is 7.76. The lowest BCUT2D eigenvalue weighted by Gasteiger charge is -2.35. The minimum Gasteiger partial charge on any atom is -0.506 e. The number of aryl methyl sites for hydroxylation is 1. The quantitative estimate of drug-likeness (QED) is 0.286. The van der Waals surface area contributed by atoms with Crippen LogP contribution in [0.25, 0.3) is 22.2 Å². The van der Waals surface area contributed by atoms with Crippen LogP contribution in [0.3, 0.4) is 0 Å². The predicted octanol–water partition coefficient (Wildman–Crippen LogP) is 3.41. The van der Waals surface area contributed by atoms with Crippen LogP contribution in [-0.2, 0) is 23.1 Å². The summed E-state index contributed by atoms with van der Waals surface area (Å²) in [7, 11) is 1.54. The maximum Gasteiger partial charge on any atom is 0.263 e. The monoisotopic (exact) mass is 613 g/mol. The van der Waals surface area contributed by atoms with Crippen molar-refractivity contribution in [2.45, 2.75) is 26.5 Å². The number of aromatic nitrogens is 4. The van der Waals surface area contributed by atoms with Gasteiger partial charge in [0, 0.05) is 38.0 Å². The van der Waals surface area contributed by atoms with E-state index in [1.54, 1.807) is 19.3 Å². The zero-order valence-electron chi connectivity index (χ0n) is 23.1. The van der Waals surface area contributed by atoms with Gasteiger partial charge in [-0.2, -0.15) is 0 Å². The maximum atomic E-state index is 13.3. The van der Waals surface area contributed by atoms with Crippen molar-refractivity contribution in [3.63, 3.8) is 0 Å². The topological polar surface area (TPSA) is 158 Å². The van der Waals surface area contributed by atoms with E-state index in [1.807, 2.05) is 0 Å². The van der Waals surface area contributed by atoms with Gasteiger partial charge >= 0.3 is 0 Å². The van der Waals surface area contributed by atoms with E-state index in [1.165, 1.54) is 33.8 Å². The van der Waals surface area contributed by atoms with Crippen molar-refractivity contribution in [1.29, 1.82) is 0 Å². The van der Waals surface area contributed by atoms with Gasteiger partial charge in [0.1, 0.15) is 23.8 Å². The molecule has 0 bridgehead atoms. The Bertz CT molecular complexity index is 1770. The molecular weight excluding hydrogens is 585 g/mol. The summed E-state index contributed by atoms with van der Waals surface area (Å²) in [6.45, 7) is 5.87. The molecule has 0 aliphatic carbocycles. The number of ether oxygens (including phenoxy) is 1. The number of hydrogen-bond donors (Lipinski definition) is 3. The molecule has 5 rings (SSSR count). The summed E-state index contributed by atoms with van der Waals surface area (Å²) in [4.78, 5) is 49.3. The summed E-state index contributed by atoms with van der Waals surface area (Å²) in [5, 5.41) is 13.4. The molecule has 42 heavy (non-hydrogen) atoms. The molecule has 3 aromatic heterocycles. The average Bonchev–Trinajstić information content (AvgIpc) is 3.31. The molecule has 220 valence electrons. The zero-order valence-corrected chi connectivity index (χ0v) is 24.6. The largest absolute Gasteiger partial charge is 0.506 e. The van der Waals surface area contributed by atoms with E-state index in [-0.39, 0.29) is 44.9 Å². The number of anilines is 2. The first kappa shape index (κ1) is 29.4. The molecule has 4 N–H and O–H groups in total. The lowest BCUT2D eigenvalue weighted by molar-refractivity contribution is -0.116. The summed E-state index contributed by atoms with van der Waals surface area (Å²) in [6.07, 6.45) is 4.46. The van der Waals surface area contributed by atoms with Gasteiger partial charge in [-0.05, 0) is 23.6 Å². The van der Waals surface area contributed by atoms with E-state index in [0.29, 0.717) is 48.2 Å². The Hall–Kier alpha value is -4.13. The molecule has 0 saturated carbocycles. The van der Waals surface area contributed by atoms with Crippen molar-refractivity contribution in [3.05, 3.63) is 62.9 Å². The van der Waals surface area contributed by atoms with Gasteiger partial charge in [-0.25, -0.2) is 9.97 Å². The molecule has 0 spiro atoms. The fourth-order valence-corrected chi connectivity index (χ4v) is 5.24. The smallest absolute Gasteiger partial charge is 0.263 e. The number of morpholine rings is 1. The minimum atomic E-state index is -0.893. The number of rotatable bonds is 7. The number of aromatic hydroxyl groups is 1. The van der Waals surface area contributed by atoms with Gasteiger partial charge in [-0.15, -0.1) is 0 Å². The van der Waals surface area contributed by atoms with Crippen LogP contribution >= 0.6 is 23.2 Å². The van der Waals surface area contributed by atoms with Crippen LogP contribution in [0.4, 0.5) is 11.5 Å². The van der Waals surface area contributed by atoms with Crippen LogP contribution in [0.15, 0.2) is 41.7 Å². The van der Waals surface area contributed by atoms with Gasteiger partial charge in [0.15, 0.2) is 0 Å². The Balaban J connectivity index is 1.47. The first-order valence-corrected chi connectivity index (χ1v) is 13.9. The number of fused-ring (bicyclic) bond motifs is 1. The molecule has 1 unspecified atom stereocenters. The minimum absolute atomic E-state index is 0.0632. The Morgan fingerprint density at radius 3 is 2.69 bits per heavy atom. The van der Waals surface area contributed by atoms with Gasteiger partial charge in [0.05, 0.1) is 51.9 Å². The normalized spacial score (nSPS) is 15.4. The molecule has 0 radical (unpaired) electrons. The number of primary amides is 1. The van der Waals surface area contributed by atoms with Crippen molar-refractivity contribution in [3.8, 4) is 16.9 Å². The number of carbonyl (C=O) groups is 2. The second-order valence-corrected chi connectivity index (χ2v) is 11.2. The van der Waals surface area contributed by atoms with Crippen LogP contribution in [0, 0.1) is 5.92 Å². The second kappa shape index (κ2) is 11.6. The van der Waals surface area contributed by atoms with Gasteiger partial charge < -0.3 is 34.9 Å². The Kier molecular flexibility index (Phi) is 8.13. The average molecular weight is 614 g/mol. The molecule has 2 amide bonds. The van der Waals surface area contributed by atoms with Crippen LogP contribution in [0.5, 0.6) is 5.75 Å². The number of benzene rings is 1. The number of halogens is 2. The van der Waals surface area contributed by atoms with Crippen LogP contribution in [0.2, 0.25) is 10.0 Å². The number of nitrogens with one attached hydrogen (secondary N) is 1. The van der Waals surface area contributed by atoms with Crippen LogP contribution in [0.1, 0.15) is 24.2 Å². The summed E-state index contributed by atoms with van der Waals surface area (Å²) >= 11 is 12.6. The number of nitrogens with zero attached hydrogens (tertiary/aromatic N) is 5. The molecule has 14 heteroatoms. The fourth-order valence-electron chi connectivity index (χ4n) is 4.87. The fraction of sp³-hybridized carbons (Fsp3) is 0.321. The molecule has 1 atom stereocenters. The number of phenols is 1. The number of carbonyl (C=O) groups excluding carboxylic acids is 2. The Morgan fingerprint density at radius 1 is 1.21 bits per heavy atom. The van der Waals surface area contributed by atoms with Gasteiger partial charge in [0.2, 0.25) is 5.91 Å². The predicted molar refractivity (Wildman–Crippen MR) is 160 cm³/mol. The number of nitrogens with two attached hydrogens (primary N) is 1. The number of pyridine rings is 1. The third-order valence-electron chi connectivity index (χ3n) is 7.17. The standard InChI is InChI=1S/C28H29Cl2N7O5/c1-14(2)21-11-36(4-5-42-21)22-8-20(19(30)9-32-22)34-23(38)12-37-10-17(24-27(37)33-13-35(3)28(24)41)15-6-16(26(31)40)25(39)18(29)7-15/h6-10,13-14,21,39H,4-5,11-12H2,1-3H3,(H2,31,40)(H,32,34,38). The maximum absolute atomic E-state index is 13.3. The van der Waals surface area contributed by atoms with E-state index < -0.39 is 17.6 Å². The molecule has 4 aromatic rings. The van der Waals surface area contributed by atoms with E-state index in [9.17, 15) is 19.5 Å². The molecular formula is C28H29Cl2N7O5. The summed E-state index contributed by atoms with van der Waals surface area (Å²) in [5.41, 5.74) is 6.14. The molecule has 1 saturated heterocycles. The Labute approximate surface area is 250 Å². The van der Waals surface area contributed by atoms with Crippen molar-refractivity contribution in [1.82, 2.24) is 19.1 Å². The van der Waals surface area contributed by atoms with E-state index in [2.05, 4.69) is 34.0 Å². The van der Waals surface area contributed by atoms with Crippen molar-refractivity contribution < 1.29 is 19.4 Å².